The Morgan fingerprint density at radius 3 is 2.59 bits per heavy atom. The van der Waals surface area contributed by atoms with Gasteiger partial charge in [-0.15, -0.1) is 0 Å². The Hall–Kier alpha value is -2.88. The Balaban J connectivity index is 1.26. The smallest absolute Gasteiger partial charge is 0.269 e. The molecule has 32 heavy (non-hydrogen) atoms. The predicted octanol–water partition coefficient (Wildman–Crippen LogP) is 2.59. The summed E-state index contributed by atoms with van der Waals surface area (Å²) in [4.78, 5) is 29.6. The molecule has 1 aliphatic carbocycles. The molecular formula is C22H27F2N7O. The van der Waals surface area contributed by atoms with Gasteiger partial charge in [0, 0.05) is 57.3 Å². The van der Waals surface area contributed by atoms with Crippen molar-refractivity contribution in [3.8, 4) is 0 Å². The number of halogens is 2. The zero-order chi connectivity index (χ0) is 22.5. The second kappa shape index (κ2) is 7.91. The number of piperazine rings is 1. The van der Waals surface area contributed by atoms with Gasteiger partial charge in [-0.05, 0) is 37.5 Å². The van der Waals surface area contributed by atoms with E-state index < -0.39 is 11.8 Å². The molecule has 1 amide bonds. The summed E-state index contributed by atoms with van der Waals surface area (Å²) in [5.74, 6) is -1.90. The monoisotopic (exact) mass is 443 g/mol. The van der Waals surface area contributed by atoms with E-state index in [0.717, 1.165) is 37.3 Å². The molecule has 2 aliphatic heterocycles. The summed E-state index contributed by atoms with van der Waals surface area (Å²) in [7, 11) is 1.57. The van der Waals surface area contributed by atoms with Crippen LogP contribution in [0.3, 0.4) is 0 Å². The van der Waals surface area contributed by atoms with Gasteiger partial charge in [-0.2, -0.15) is 4.98 Å². The van der Waals surface area contributed by atoms with Crippen LogP contribution in [0.15, 0.2) is 24.5 Å². The number of hydrogen-bond acceptors (Lipinski definition) is 7. The summed E-state index contributed by atoms with van der Waals surface area (Å²) in [6.45, 7) is 3.90. The van der Waals surface area contributed by atoms with Crippen LogP contribution in [0.1, 0.15) is 35.3 Å². The minimum Gasteiger partial charge on any atom is -0.354 e. The number of nitrogens with zero attached hydrogens (tertiary/aromatic N) is 5. The molecule has 3 aliphatic rings. The van der Waals surface area contributed by atoms with Crippen LogP contribution in [-0.2, 0) is 0 Å². The second-order valence-corrected chi connectivity index (χ2v) is 8.98. The third kappa shape index (κ3) is 3.99. The average Bonchev–Trinajstić information content (AvgIpc) is 3.31. The van der Waals surface area contributed by atoms with Crippen molar-refractivity contribution in [3.05, 3.63) is 35.8 Å². The molecule has 5 rings (SSSR count). The zero-order valence-electron chi connectivity index (χ0n) is 18.2. The first-order chi connectivity index (χ1) is 15.3. The fourth-order valence-electron chi connectivity index (χ4n) is 4.91. The van der Waals surface area contributed by atoms with E-state index in [1.807, 2.05) is 19.1 Å². The molecule has 1 saturated carbocycles. The number of alkyl halides is 2. The Kier molecular flexibility index (Phi) is 5.19. The number of hydrogen-bond donors (Lipinski definition) is 2. The molecule has 0 unspecified atom stereocenters. The topological polar surface area (TPSA) is 86.3 Å². The standard InChI is InChI=1S/C22H27F2N7O/c1-13-7-15(9-27-19(13)20(32)25-2)28-21-26-6-5-18(29-21)30-11-16-3-4-17(12-30)31(16)10-14-8-22(14,23)24/h5-7,9,14,16-17H,3-4,8,10-12H2,1-2H3,(H,25,32)(H,26,28,29)/t14-,16-,17+/m0/s1. The van der Waals surface area contributed by atoms with Gasteiger partial charge in [0.15, 0.2) is 0 Å². The largest absolute Gasteiger partial charge is 0.354 e. The van der Waals surface area contributed by atoms with Crippen LogP contribution in [0.2, 0.25) is 0 Å². The Morgan fingerprint density at radius 2 is 1.97 bits per heavy atom. The third-order valence-electron chi connectivity index (χ3n) is 6.76. The lowest BCUT2D eigenvalue weighted by Gasteiger charge is -2.41. The number of pyridine rings is 1. The van der Waals surface area contributed by atoms with E-state index in [2.05, 4.69) is 35.4 Å². The maximum Gasteiger partial charge on any atom is 0.269 e. The highest BCUT2D eigenvalue weighted by atomic mass is 19.3. The normalized spacial score (nSPS) is 26.1. The number of rotatable bonds is 6. The fraction of sp³-hybridized carbons (Fsp3) is 0.545. The zero-order valence-corrected chi connectivity index (χ0v) is 18.2. The van der Waals surface area contributed by atoms with Crippen molar-refractivity contribution in [3.63, 3.8) is 0 Å². The predicted molar refractivity (Wildman–Crippen MR) is 116 cm³/mol. The molecule has 2 N–H and O–H groups in total. The van der Waals surface area contributed by atoms with E-state index in [-0.39, 0.29) is 12.3 Å². The number of amides is 1. The minimum absolute atomic E-state index is 0.0338. The van der Waals surface area contributed by atoms with E-state index in [1.165, 1.54) is 0 Å². The van der Waals surface area contributed by atoms with E-state index in [9.17, 15) is 13.6 Å². The highest BCUT2D eigenvalue weighted by Crippen LogP contribution is 2.50. The molecular weight excluding hydrogens is 416 g/mol. The van der Waals surface area contributed by atoms with Crippen LogP contribution in [-0.4, -0.2) is 70.4 Å². The van der Waals surface area contributed by atoms with Crippen LogP contribution in [0.25, 0.3) is 0 Å². The summed E-state index contributed by atoms with van der Waals surface area (Å²) in [5, 5.41) is 5.74. The quantitative estimate of drug-likeness (QED) is 0.710. The molecule has 3 fully saturated rings. The maximum atomic E-state index is 13.4. The van der Waals surface area contributed by atoms with Crippen LogP contribution in [0, 0.1) is 12.8 Å². The first kappa shape index (κ1) is 21.0. The summed E-state index contributed by atoms with van der Waals surface area (Å²) in [6, 6.07) is 4.30. The molecule has 8 nitrogen and oxygen atoms in total. The summed E-state index contributed by atoms with van der Waals surface area (Å²) >= 11 is 0. The molecule has 0 spiro atoms. The maximum absolute atomic E-state index is 13.4. The van der Waals surface area contributed by atoms with Gasteiger partial charge in [-0.25, -0.2) is 18.7 Å². The minimum atomic E-state index is -2.46. The van der Waals surface area contributed by atoms with Gasteiger partial charge >= 0.3 is 0 Å². The molecule has 2 aromatic heterocycles. The molecule has 4 heterocycles. The average molecular weight is 444 g/mol. The Morgan fingerprint density at radius 1 is 1.25 bits per heavy atom. The SMILES string of the molecule is CNC(=O)c1ncc(Nc2nccc(N3C[C@H]4CC[C@@H](C3)N4C[C@@H]3CC3(F)F)n2)cc1C. The molecule has 170 valence electrons. The number of nitrogens with one attached hydrogen (secondary N) is 2. The molecule has 2 saturated heterocycles. The second-order valence-electron chi connectivity index (χ2n) is 8.98. The van der Waals surface area contributed by atoms with Crippen molar-refractivity contribution in [1.29, 1.82) is 0 Å². The Bertz CT molecular complexity index is 1020. The van der Waals surface area contributed by atoms with Crippen molar-refractivity contribution in [1.82, 2.24) is 25.2 Å². The molecule has 0 radical (unpaired) electrons. The molecule has 3 atom stereocenters. The molecule has 2 aromatic rings. The van der Waals surface area contributed by atoms with Crippen molar-refractivity contribution >= 4 is 23.4 Å². The van der Waals surface area contributed by atoms with E-state index in [1.54, 1.807) is 19.4 Å². The van der Waals surface area contributed by atoms with Crippen molar-refractivity contribution in [2.75, 3.05) is 36.9 Å². The highest BCUT2D eigenvalue weighted by molar-refractivity contribution is 5.93. The van der Waals surface area contributed by atoms with Gasteiger partial charge in [-0.1, -0.05) is 0 Å². The van der Waals surface area contributed by atoms with E-state index in [0.29, 0.717) is 36.0 Å². The van der Waals surface area contributed by atoms with Crippen molar-refractivity contribution in [2.45, 2.75) is 44.2 Å². The molecule has 2 bridgehead atoms. The van der Waals surface area contributed by atoms with E-state index >= 15 is 0 Å². The number of fused-ring (bicyclic) bond motifs is 2. The van der Waals surface area contributed by atoms with Gasteiger partial charge in [0.1, 0.15) is 11.5 Å². The molecule has 0 aromatic carbocycles. The van der Waals surface area contributed by atoms with Gasteiger partial charge in [0.05, 0.1) is 11.9 Å². The number of carbonyl (C=O) groups is 1. The first-order valence-corrected chi connectivity index (χ1v) is 11.0. The number of aromatic nitrogens is 3. The van der Waals surface area contributed by atoms with Crippen molar-refractivity contribution in [2.24, 2.45) is 5.92 Å². The first-order valence-electron chi connectivity index (χ1n) is 11.0. The summed E-state index contributed by atoms with van der Waals surface area (Å²) in [5.41, 5.74) is 1.83. The van der Waals surface area contributed by atoms with Crippen molar-refractivity contribution < 1.29 is 13.6 Å². The fourth-order valence-corrected chi connectivity index (χ4v) is 4.91. The highest BCUT2D eigenvalue weighted by Gasteiger charge is 2.58. The van der Waals surface area contributed by atoms with Crippen LogP contribution < -0.4 is 15.5 Å². The van der Waals surface area contributed by atoms with Gasteiger partial charge in [-0.3, -0.25) is 9.69 Å². The van der Waals surface area contributed by atoms with Crippen LogP contribution in [0.4, 0.5) is 26.2 Å². The van der Waals surface area contributed by atoms with Crippen LogP contribution >= 0.6 is 0 Å². The van der Waals surface area contributed by atoms with Gasteiger partial charge < -0.3 is 15.5 Å². The number of aryl methyl sites for hydroxylation is 1. The number of anilines is 3. The van der Waals surface area contributed by atoms with Gasteiger partial charge in [0.2, 0.25) is 5.95 Å². The number of carbonyl (C=O) groups excluding carboxylic acids is 1. The lowest BCUT2D eigenvalue weighted by atomic mass is 10.1. The third-order valence-corrected chi connectivity index (χ3v) is 6.76. The lowest BCUT2D eigenvalue weighted by molar-refractivity contribution is 0.0750. The van der Waals surface area contributed by atoms with E-state index in [4.69, 9.17) is 0 Å². The Labute approximate surface area is 185 Å². The van der Waals surface area contributed by atoms with Gasteiger partial charge in [0.25, 0.3) is 11.8 Å². The molecule has 10 heteroatoms. The lowest BCUT2D eigenvalue weighted by Crippen LogP contribution is -2.54. The summed E-state index contributed by atoms with van der Waals surface area (Å²) < 4.78 is 26.8. The summed E-state index contributed by atoms with van der Waals surface area (Å²) in [6.07, 6.45) is 5.41. The van der Waals surface area contributed by atoms with Crippen LogP contribution in [0.5, 0.6) is 0 Å².